The molecular formula is C21H31N4O2. The lowest BCUT2D eigenvalue weighted by atomic mass is 9.97. The van der Waals surface area contributed by atoms with Crippen molar-refractivity contribution in [3.05, 3.63) is 41.3 Å². The first-order valence-electron chi connectivity index (χ1n) is 10.0. The van der Waals surface area contributed by atoms with E-state index in [9.17, 15) is 9.59 Å². The summed E-state index contributed by atoms with van der Waals surface area (Å²) in [5, 5.41) is 0. The second-order valence-corrected chi connectivity index (χ2v) is 7.48. The predicted molar refractivity (Wildman–Crippen MR) is 106 cm³/mol. The Morgan fingerprint density at radius 2 is 1.70 bits per heavy atom. The van der Waals surface area contributed by atoms with E-state index in [1.54, 1.807) is 4.90 Å². The van der Waals surface area contributed by atoms with Crippen LogP contribution in [0.4, 0.5) is 4.79 Å². The maximum atomic E-state index is 12.4. The normalized spacial score (nSPS) is 18.4. The third-order valence-electron chi connectivity index (χ3n) is 5.86. The van der Waals surface area contributed by atoms with Gasteiger partial charge in [0.15, 0.2) is 0 Å². The molecular weight excluding hydrogens is 340 g/mol. The van der Waals surface area contributed by atoms with E-state index < -0.39 is 0 Å². The van der Waals surface area contributed by atoms with Gasteiger partial charge in [-0.1, -0.05) is 32.0 Å². The number of amides is 3. The molecule has 0 atom stereocenters. The SMILES string of the molecule is CCc1ccc(C[CH]C(=O)N2CC(N3CCN(C(N)=O)CC3)C2)cc1CC. The zero-order valence-corrected chi connectivity index (χ0v) is 16.5. The zero-order chi connectivity index (χ0) is 19.4. The van der Waals surface area contributed by atoms with Crippen molar-refractivity contribution in [1.29, 1.82) is 0 Å². The Morgan fingerprint density at radius 1 is 1.04 bits per heavy atom. The van der Waals surface area contributed by atoms with Crippen LogP contribution in [0.1, 0.15) is 30.5 Å². The minimum Gasteiger partial charge on any atom is -0.351 e. The number of carbonyl (C=O) groups is 2. The fourth-order valence-electron chi connectivity index (χ4n) is 3.99. The Hall–Kier alpha value is -2.08. The van der Waals surface area contributed by atoms with Crippen LogP contribution in [0.15, 0.2) is 18.2 Å². The molecule has 3 amide bonds. The molecule has 2 N–H and O–H groups in total. The molecule has 0 unspecified atom stereocenters. The molecule has 27 heavy (non-hydrogen) atoms. The number of hydrogen-bond donors (Lipinski definition) is 1. The van der Waals surface area contributed by atoms with E-state index in [1.165, 1.54) is 16.7 Å². The molecule has 0 bridgehead atoms. The summed E-state index contributed by atoms with van der Waals surface area (Å²) in [4.78, 5) is 29.6. The van der Waals surface area contributed by atoms with Gasteiger partial charge in [-0.25, -0.2) is 4.79 Å². The summed E-state index contributed by atoms with van der Waals surface area (Å²) in [5.41, 5.74) is 9.31. The number of nitrogens with two attached hydrogens (primary N) is 1. The van der Waals surface area contributed by atoms with Gasteiger partial charge in [-0.2, -0.15) is 0 Å². The Labute approximate surface area is 162 Å². The molecule has 1 aromatic rings. The second-order valence-electron chi connectivity index (χ2n) is 7.48. The highest BCUT2D eigenvalue weighted by Crippen LogP contribution is 2.19. The summed E-state index contributed by atoms with van der Waals surface area (Å²) in [6.07, 6.45) is 4.58. The summed E-state index contributed by atoms with van der Waals surface area (Å²) in [6.45, 7) is 8.95. The molecule has 1 aromatic carbocycles. The standard InChI is InChI=1S/C21H31N4O2/c1-3-17-7-5-16(13-18(17)4-2)6-8-20(26)25-14-19(15-25)23-9-11-24(12-10-23)21(22)27/h5,7-8,13,19H,3-4,6,9-12,14-15H2,1-2H3,(H2,22,27). The van der Waals surface area contributed by atoms with E-state index in [-0.39, 0.29) is 11.9 Å². The zero-order valence-electron chi connectivity index (χ0n) is 16.5. The van der Waals surface area contributed by atoms with E-state index >= 15 is 0 Å². The van der Waals surface area contributed by atoms with Gasteiger partial charge in [0.05, 0.1) is 6.42 Å². The molecule has 2 aliphatic rings. The van der Waals surface area contributed by atoms with Gasteiger partial charge < -0.3 is 15.5 Å². The molecule has 0 saturated carbocycles. The van der Waals surface area contributed by atoms with Crippen molar-refractivity contribution in [3.63, 3.8) is 0 Å². The summed E-state index contributed by atoms with van der Waals surface area (Å²) in [6, 6.07) is 6.64. The Balaban J connectivity index is 1.41. The van der Waals surface area contributed by atoms with Crippen molar-refractivity contribution in [2.75, 3.05) is 39.3 Å². The fraction of sp³-hybridized carbons (Fsp3) is 0.571. The van der Waals surface area contributed by atoms with Gasteiger partial charge in [-0.05, 0) is 36.0 Å². The van der Waals surface area contributed by atoms with Gasteiger partial charge >= 0.3 is 6.03 Å². The van der Waals surface area contributed by atoms with Gasteiger partial charge in [-0.15, -0.1) is 0 Å². The molecule has 2 saturated heterocycles. The van der Waals surface area contributed by atoms with E-state index in [2.05, 4.69) is 36.9 Å². The number of primary amides is 1. The smallest absolute Gasteiger partial charge is 0.314 e. The molecule has 147 valence electrons. The monoisotopic (exact) mass is 371 g/mol. The molecule has 0 aliphatic carbocycles. The highest BCUT2D eigenvalue weighted by molar-refractivity contribution is 5.86. The first-order chi connectivity index (χ1) is 13.0. The Morgan fingerprint density at radius 3 is 2.30 bits per heavy atom. The van der Waals surface area contributed by atoms with Crippen molar-refractivity contribution < 1.29 is 9.59 Å². The number of urea groups is 1. The number of benzene rings is 1. The van der Waals surface area contributed by atoms with Gasteiger partial charge in [0.2, 0.25) is 5.91 Å². The molecule has 3 rings (SSSR count). The summed E-state index contributed by atoms with van der Waals surface area (Å²) in [5.74, 6) is 0.125. The molecule has 2 fully saturated rings. The number of rotatable bonds is 6. The fourth-order valence-corrected chi connectivity index (χ4v) is 3.99. The van der Waals surface area contributed by atoms with Crippen LogP contribution in [0, 0.1) is 6.42 Å². The highest BCUT2D eigenvalue weighted by atomic mass is 16.2. The minimum absolute atomic E-state index is 0.125. The Kier molecular flexibility index (Phi) is 6.37. The maximum Gasteiger partial charge on any atom is 0.314 e. The van der Waals surface area contributed by atoms with E-state index in [1.807, 2.05) is 11.3 Å². The van der Waals surface area contributed by atoms with Crippen molar-refractivity contribution >= 4 is 11.9 Å². The lowest BCUT2D eigenvalue weighted by molar-refractivity contribution is -0.135. The van der Waals surface area contributed by atoms with Crippen LogP contribution in [0.25, 0.3) is 0 Å². The second kappa shape index (κ2) is 8.74. The predicted octanol–water partition coefficient (Wildman–Crippen LogP) is 1.47. The van der Waals surface area contributed by atoms with Crippen LogP contribution >= 0.6 is 0 Å². The maximum absolute atomic E-state index is 12.4. The largest absolute Gasteiger partial charge is 0.351 e. The van der Waals surface area contributed by atoms with Crippen LogP contribution in [-0.2, 0) is 24.1 Å². The average Bonchev–Trinajstić information content (AvgIpc) is 2.65. The number of carbonyl (C=O) groups excluding carboxylic acids is 2. The average molecular weight is 372 g/mol. The third kappa shape index (κ3) is 4.61. The summed E-state index contributed by atoms with van der Waals surface area (Å²) < 4.78 is 0. The van der Waals surface area contributed by atoms with Crippen LogP contribution in [0.2, 0.25) is 0 Å². The molecule has 0 aromatic heterocycles. The quantitative estimate of drug-likeness (QED) is 0.823. The van der Waals surface area contributed by atoms with Crippen LogP contribution in [0.3, 0.4) is 0 Å². The number of nitrogens with zero attached hydrogens (tertiary/aromatic N) is 3. The Bertz CT molecular complexity index is 677. The third-order valence-corrected chi connectivity index (χ3v) is 5.86. The van der Waals surface area contributed by atoms with Crippen molar-refractivity contribution in [2.24, 2.45) is 5.73 Å². The first-order valence-corrected chi connectivity index (χ1v) is 10.0. The van der Waals surface area contributed by atoms with Crippen LogP contribution in [0.5, 0.6) is 0 Å². The summed E-state index contributed by atoms with van der Waals surface area (Å²) >= 11 is 0. The summed E-state index contributed by atoms with van der Waals surface area (Å²) in [7, 11) is 0. The van der Waals surface area contributed by atoms with Crippen molar-refractivity contribution in [2.45, 2.75) is 39.2 Å². The van der Waals surface area contributed by atoms with Gasteiger partial charge in [0.1, 0.15) is 0 Å². The lowest BCUT2D eigenvalue weighted by Gasteiger charge is -2.48. The first kappa shape index (κ1) is 19.7. The molecule has 2 aliphatic heterocycles. The lowest BCUT2D eigenvalue weighted by Crippen LogP contribution is -2.64. The van der Waals surface area contributed by atoms with Crippen molar-refractivity contribution in [1.82, 2.24) is 14.7 Å². The number of piperazine rings is 1. The molecule has 1 radical (unpaired) electrons. The molecule has 0 spiro atoms. The van der Waals surface area contributed by atoms with Crippen LogP contribution in [-0.4, -0.2) is 71.9 Å². The van der Waals surface area contributed by atoms with E-state index in [4.69, 9.17) is 5.73 Å². The number of aryl methyl sites for hydroxylation is 2. The van der Waals surface area contributed by atoms with Gasteiger partial charge in [0.25, 0.3) is 0 Å². The van der Waals surface area contributed by atoms with E-state index in [0.29, 0.717) is 25.6 Å². The van der Waals surface area contributed by atoms with Gasteiger partial charge in [-0.3, -0.25) is 9.69 Å². The molecule has 6 nitrogen and oxygen atoms in total. The van der Waals surface area contributed by atoms with Crippen molar-refractivity contribution in [3.8, 4) is 0 Å². The number of hydrogen-bond acceptors (Lipinski definition) is 3. The van der Waals surface area contributed by atoms with Crippen LogP contribution < -0.4 is 5.73 Å². The van der Waals surface area contributed by atoms with Gasteiger partial charge in [0, 0.05) is 45.3 Å². The minimum atomic E-state index is -0.340. The number of likely N-dealkylation sites (tertiary alicyclic amines) is 1. The topological polar surface area (TPSA) is 69.9 Å². The highest BCUT2D eigenvalue weighted by Gasteiger charge is 2.36. The molecule has 6 heteroatoms. The van der Waals surface area contributed by atoms with E-state index in [0.717, 1.165) is 39.0 Å². The molecule has 2 heterocycles.